The molecule has 1 aliphatic heterocycles. The average molecular weight is 212 g/mol. The van der Waals surface area contributed by atoms with Gasteiger partial charge in [0.25, 0.3) is 0 Å². The summed E-state index contributed by atoms with van der Waals surface area (Å²) in [5.74, 6) is 0. The van der Waals surface area contributed by atoms with Crippen LogP contribution in [0.25, 0.3) is 0 Å². The first-order valence-electron chi connectivity index (χ1n) is 4.78. The van der Waals surface area contributed by atoms with Crippen LogP contribution in [0, 0.1) is 0 Å². The molecule has 0 aromatic heterocycles. The van der Waals surface area contributed by atoms with E-state index in [2.05, 4.69) is 24.1 Å². The second-order valence-corrected chi connectivity index (χ2v) is 4.21. The summed E-state index contributed by atoms with van der Waals surface area (Å²) in [6.45, 7) is 2.89. The Morgan fingerprint density at radius 2 is 2.07 bits per heavy atom. The second-order valence-electron chi connectivity index (χ2n) is 3.78. The standard InChI is InChI=1S/C11H14ClNO/c1-13(7-11-8-14-11)6-9-2-4-10(12)5-3-9/h2-5,11H,6-8H2,1H3. The highest BCUT2D eigenvalue weighted by Crippen LogP contribution is 2.14. The van der Waals surface area contributed by atoms with Gasteiger partial charge >= 0.3 is 0 Å². The second kappa shape index (κ2) is 4.30. The summed E-state index contributed by atoms with van der Waals surface area (Å²) in [6.07, 6.45) is 0.465. The first kappa shape index (κ1) is 9.97. The summed E-state index contributed by atoms with van der Waals surface area (Å²) in [5.41, 5.74) is 1.29. The van der Waals surface area contributed by atoms with Crippen LogP contribution < -0.4 is 0 Å². The summed E-state index contributed by atoms with van der Waals surface area (Å²) >= 11 is 5.81. The Morgan fingerprint density at radius 3 is 2.64 bits per heavy atom. The van der Waals surface area contributed by atoms with E-state index in [-0.39, 0.29) is 0 Å². The van der Waals surface area contributed by atoms with Crippen molar-refractivity contribution < 1.29 is 4.74 Å². The van der Waals surface area contributed by atoms with Crippen LogP contribution in [0.15, 0.2) is 24.3 Å². The molecular weight excluding hydrogens is 198 g/mol. The topological polar surface area (TPSA) is 15.8 Å². The Hall–Kier alpha value is -0.570. The summed E-state index contributed by atoms with van der Waals surface area (Å²) in [4.78, 5) is 2.26. The van der Waals surface area contributed by atoms with E-state index in [1.807, 2.05) is 12.1 Å². The van der Waals surface area contributed by atoms with E-state index >= 15 is 0 Å². The number of rotatable bonds is 4. The van der Waals surface area contributed by atoms with Crippen LogP contribution in [0.2, 0.25) is 5.02 Å². The molecule has 0 spiro atoms. The molecule has 1 unspecified atom stereocenters. The maximum Gasteiger partial charge on any atom is 0.0936 e. The van der Waals surface area contributed by atoms with Gasteiger partial charge in [-0.15, -0.1) is 0 Å². The SMILES string of the molecule is CN(Cc1ccc(Cl)cc1)CC1CO1. The Kier molecular flexibility index (Phi) is 3.06. The largest absolute Gasteiger partial charge is 0.372 e. The number of halogens is 1. The van der Waals surface area contributed by atoms with E-state index < -0.39 is 0 Å². The number of likely N-dealkylation sites (N-methyl/N-ethyl adjacent to an activating group) is 1. The lowest BCUT2D eigenvalue weighted by atomic mass is 10.2. The molecule has 0 N–H and O–H groups in total. The van der Waals surface area contributed by atoms with E-state index in [1.54, 1.807) is 0 Å². The van der Waals surface area contributed by atoms with Gasteiger partial charge < -0.3 is 4.74 Å². The molecule has 1 atom stereocenters. The van der Waals surface area contributed by atoms with Crippen LogP contribution in [0.5, 0.6) is 0 Å². The highest BCUT2D eigenvalue weighted by Gasteiger charge is 2.23. The quantitative estimate of drug-likeness (QED) is 0.710. The van der Waals surface area contributed by atoms with Gasteiger partial charge in [-0.05, 0) is 24.7 Å². The zero-order valence-electron chi connectivity index (χ0n) is 8.24. The van der Waals surface area contributed by atoms with Gasteiger partial charge in [0, 0.05) is 18.1 Å². The minimum atomic E-state index is 0.465. The first-order chi connectivity index (χ1) is 6.74. The number of hydrogen-bond donors (Lipinski definition) is 0. The summed E-state index contributed by atoms with van der Waals surface area (Å²) in [5, 5.41) is 0.793. The van der Waals surface area contributed by atoms with E-state index in [0.29, 0.717) is 6.10 Å². The third-order valence-corrected chi connectivity index (χ3v) is 2.54. The van der Waals surface area contributed by atoms with Gasteiger partial charge in [0.1, 0.15) is 0 Å². The monoisotopic (exact) mass is 211 g/mol. The first-order valence-corrected chi connectivity index (χ1v) is 5.16. The predicted octanol–water partition coefficient (Wildman–Crippen LogP) is 2.17. The summed E-state index contributed by atoms with van der Waals surface area (Å²) < 4.78 is 5.17. The van der Waals surface area contributed by atoms with Crippen LogP contribution in [0.4, 0.5) is 0 Å². The Labute approximate surface area is 89.4 Å². The summed E-state index contributed by atoms with van der Waals surface area (Å²) in [7, 11) is 2.11. The third kappa shape index (κ3) is 2.98. The zero-order valence-corrected chi connectivity index (χ0v) is 9.00. The van der Waals surface area contributed by atoms with Gasteiger partial charge in [-0.1, -0.05) is 23.7 Å². The molecule has 1 aromatic rings. The van der Waals surface area contributed by atoms with Crippen molar-refractivity contribution in [3.63, 3.8) is 0 Å². The van der Waals surface area contributed by atoms with Crippen molar-refractivity contribution in [2.45, 2.75) is 12.6 Å². The maximum atomic E-state index is 5.81. The van der Waals surface area contributed by atoms with Crippen molar-refractivity contribution in [1.29, 1.82) is 0 Å². The van der Waals surface area contributed by atoms with E-state index in [9.17, 15) is 0 Å². The predicted molar refractivity (Wildman–Crippen MR) is 57.5 cm³/mol. The normalized spacial score (nSPS) is 20.1. The van der Waals surface area contributed by atoms with Crippen LogP contribution >= 0.6 is 11.6 Å². The molecule has 76 valence electrons. The molecule has 0 aliphatic carbocycles. The molecule has 2 nitrogen and oxygen atoms in total. The molecular formula is C11H14ClNO. The average Bonchev–Trinajstić information content (AvgIpc) is 2.93. The maximum absolute atomic E-state index is 5.81. The Balaban J connectivity index is 1.85. The lowest BCUT2D eigenvalue weighted by Gasteiger charge is -2.14. The molecule has 0 radical (unpaired) electrons. The van der Waals surface area contributed by atoms with E-state index in [1.165, 1.54) is 5.56 Å². The lowest BCUT2D eigenvalue weighted by Crippen LogP contribution is -2.22. The van der Waals surface area contributed by atoms with Crippen molar-refractivity contribution in [3.05, 3.63) is 34.9 Å². The highest BCUT2D eigenvalue weighted by atomic mass is 35.5. The molecule has 14 heavy (non-hydrogen) atoms. The number of ether oxygens (including phenoxy) is 1. The molecule has 0 amide bonds. The van der Waals surface area contributed by atoms with Crippen LogP contribution in [-0.2, 0) is 11.3 Å². The smallest absolute Gasteiger partial charge is 0.0936 e. The molecule has 2 rings (SSSR count). The molecule has 0 saturated carbocycles. The third-order valence-electron chi connectivity index (χ3n) is 2.28. The van der Waals surface area contributed by atoms with Crippen LogP contribution in [0.1, 0.15) is 5.56 Å². The minimum absolute atomic E-state index is 0.465. The Bertz CT molecular complexity index is 295. The number of epoxide rings is 1. The van der Waals surface area contributed by atoms with Gasteiger partial charge in [-0.3, -0.25) is 4.90 Å². The molecule has 1 saturated heterocycles. The lowest BCUT2D eigenvalue weighted by molar-refractivity contribution is 0.278. The summed E-state index contributed by atoms with van der Waals surface area (Å²) in [6, 6.07) is 7.98. The molecule has 0 bridgehead atoms. The molecule has 1 aliphatic rings. The van der Waals surface area contributed by atoms with Gasteiger partial charge in [-0.2, -0.15) is 0 Å². The number of hydrogen-bond acceptors (Lipinski definition) is 2. The number of nitrogens with zero attached hydrogens (tertiary/aromatic N) is 1. The van der Waals surface area contributed by atoms with Crippen LogP contribution in [0.3, 0.4) is 0 Å². The number of benzene rings is 1. The molecule has 1 aromatic carbocycles. The van der Waals surface area contributed by atoms with Crippen molar-refractivity contribution in [3.8, 4) is 0 Å². The zero-order chi connectivity index (χ0) is 9.97. The van der Waals surface area contributed by atoms with Gasteiger partial charge in [0.05, 0.1) is 12.7 Å². The fourth-order valence-electron chi connectivity index (χ4n) is 1.49. The van der Waals surface area contributed by atoms with E-state index in [4.69, 9.17) is 16.3 Å². The minimum Gasteiger partial charge on any atom is -0.372 e. The van der Waals surface area contributed by atoms with Gasteiger partial charge in [0.2, 0.25) is 0 Å². The van der Waals surface area contributed by atoms with Crippen molar-refractivity contribution >= 4 is 11.6 Å². The van der Waals surface area contributed by atoms with Crippen molar-refractivity contribution in [2.75, 3.05) is 20.2 Å². The molecule has 3 heteroatoms. The van der Waals surface area contributed by atoms with Crippen molar-refractivity contribution in [2.24, 2.45) is 0 Å². The van der Waals surface area contributed by atoms with Crippen molar-refractivity contribution in [1.82, 2.24) is 4.90 Å². The van der Waals surface area contributed by atoms with E-state index in [0.717, 1.165) is 24.7 Å². The van der Waals surface area contributed by atoms with Gasteiger partial charge in [-0.25, -0.2) is 0 Å². The van der Waals surface area contributed by atoms with Gasteiger partial charge in [0.15, 0.2) is 0 Å². The van der Waals surface area contributed by atoms with Crippen LogP contribution in [-0.4, -0.2) is 31.2 Å². The fourth-order valence-corrected chi connectivity index (χ4v) is 1.61. The molecule has 1 fully saturated rings. The Morgan fingerprint density at radius 1 is 1.43 bits per heavy atom. The molecule has 1 heterocycles. The fraction of sp³-hybridized carbons (Fsp3) is 0.455. The highest BCUT2D eigenvalue weighted by molar-refractivity contribution is 6.30.